The number of anilines is 3. The fourth-order valence-corrected chi connectivity index (χ4v) is 6.08. The molecule has 0 bridgehead atoms. The van der Waals surface area contributed by atoms with Crippen molar-refractivity contribution >= 4 is 50.2 Å². The van der Waals surface area contributed by atoms with Gasteiger partial charge in [-0.05, 0) is 43.9 Å². The number of aryl methyl sites for hydroxylation is 1. The van der Waals surface area contributed by atoms with Crippen molar-refractivity contribution in [2.45, 2.75) is 32.3 Å². The first-order valence-corrected chi connectivity index (χ1v) is 12.6. The summed E-state index contributed by atoms with van der Waals surface area (Å²) in [5.74, 6) is 0.972. The summed E-state index contributed by atoms with van der Waals surface area (Å²) in [5, 5.41) is 9.01. The van der Waals surface area contributed by atoms with Gasteiger partial charge in [-0.3, -0.25) is 4.79 Å². The van der Waals surface area contributed by atoms with Crippen LogP contribution in [0.3, 0.4) is 0 Å². The van der Waals surface area contributed by atoms with Gasteiger partial charge in [0.1, 0.15) is 17.0 Å². The molecule has 0 fully saturated rings. The number of likely N-dealkylation sites (N-methyl/N-ethyl adjacent to an activating group) is 1. The third-order valence-corrected chi connectivity index (χ3v) is 7.92. The predicted octanol–water partition coefficient (Wildman–Crippen LogP) is 3.75. The van der Waals surface area contributed by atoms with Gasteiger partial charge in [-0.25, -0.2) is 14.5 Å². The minimum atomic E-state index is -0.0152. The molecule has 0 aromatic carbocycles. The van der Waals surface area contributed by atoms with Gasteiger partial charge < -0.3 is 19.9 Å². The molecule has 35 heavy (non-hydrogen) atoms. The Hall–Kier alpha value is -3.24. The van der Waals surface area contributed by atoms with Gasteiger partial charge in [-0.2, -0.15) is 5.10 Å². The van der Waals surface area contributed by atoms with Crippen molar-refractivity contribution in [2.24, 2.45) is 5.92 Å². The van der Waals surface area contributed by atoms with E-state index in [0.29, 0.717) is 6.54 Å². The molecule has 1 unspecified atom stereocenters. The van der Waals surface area contributed by atoms with Crippen LogP contribution >= 0.6 is 11.3 Å². The van der Waals surface area contributed by atoms with Crippen LogP contribution in [0.25, 0.3) is 15.7 Å². The quantitative estimate of drug-likeness (QED) is 0.420. The summed E-state index contributed by atoms with van der Waals surface area (Å²) in [6.45, 7) is 2.58. The summed E-state index contributed by atoms with van der Waals surface area (Å²) in [6.07, 6.45) is 7.84. The number of nitrogens with one attached hydrogen (secondary N) is 1. The summed E-state index contributed by atoms with van der Waals surface area (Å²) < 4.78 is 7.20. The van der Waals surface area contributed by atoms with Gasteiger partial charge in [0.25, 0.3) is 0 Å². The molecule has 5 rings (SSSR count). The minimum Gasteiger partial charge on any atom is -0.380 e. The monoisotopic (exact) mass is 493 g/mol. The molecular weight excluding hydrogens is 462 g/mol. The highest BCUT2D eigenvalue weighted by Crippen LogP contribution is 2.41. The fourth-order valence-electron chi connectivity index (χ4n) is 4.82. The zero-order chi connectivity index (χ0) is 24.7. The van der Waals surface area contributed by atoms with Gasteiger partial charge in [-0.1, -0.05) is 0 Å². The Morgan fingerprint density at radius 3 is 2.94 bits per heavy atom. The minimum absolute atomic E-state index is 0.0152. The van der Waals surface area contributed by atoms with Crippen LogP contribution in [-0.4, -0.2) is 71.3 Å². The standard InChI is InChI=1S/C25H31N7O2S/c1-15(34-5)12-31(4)25(33)16-6-7-18-21(10-16)35-24-22(18)23(26-14-27-24)29-19-11-17-8-9-28-32(17)13-20(19)30(2)3/h8-9,11,13-16H,6-7,10,12H2,1-5H3,(H,26,27,29)/t15?,16-/m0/s1. The Labute approximate surface area is 208 Å². The van der Waals surface area contributed by atoms with Gasteiger partial charge in [-0.15, -0.1) is 11.3 Å². The molecule has 4 aromatic heterocycles. The summed E-state index contributed by atoms with van der Waals surface area (Å²) >= 11 is 1.68. The number of methoxy groups -OCH3 is 1. The van der Waals surface area contributed by atoms with E-state index in [1.807, 2.05) is 44.8 Å². The molecule has 9 nitrogen and oxygen atoms in total. The zero-order valence-electron chi connectivity index (χ0n) is 20.8. The highest BCUT2D eigenvalue weighted by molar-refractivity contribution is 7.19. The van der Waals surface area contributed by atoms with E-state index in [2.05, 4.69) is 31.3 Å². The predicted molar refractivity (Wildman–Crippen MR) is 140 cm³/mol. The van der Waals surface area contributed by atoms with Crippen molar-refractivity contribution in [3.63, 3.8) is 0 Å². The first-order valence-electron chi connectivity index (χ1n) is 11.8. The lowest BCUT2D eigenvalue weighted by molar-refractivity contribution is -0.135. The lowest BCUT2D eigenvalue weighted by atomic mass is 9.87. The Bertz CT molecular complexity index is 1380. The van der Waals surface area contributed by atoms with Crippen LogP contribution in [0.2, 0.25) is 0 Å². The smallest absolute Gasteiger partial charge is 0.225 e. The number of hydrogen-bond donors (Lipinski definition) is 1. The van der Waals surface area contributed by atoms with E-state index in [0.717, 1.165) is 52.2 Å². The van der Waals surface area contributed by atoms with Crippen LogP contribution in [-0.2, 0) is 22.4 Å². The third kappa shape index (κ3) is 4.43. The van der Waals surface area contributed by atoms with Crippen molar-refractivity contribution in [3.05, 3.63) is 41.3 Å². The number of pyridine rings is 1. The largest absolute Gasteiger partial charge is 0.380 e. The molecule has 0 radical (unpaired) electrons. The second-order valence-corrected chi connectivity index (χ2v) is 10.5. The van der Waals surface area contributed by atoms with Crippen LogP contribution in [0.4, 0.5) is 17.2 Å². The fraction of sp³-hybridized carbons (Fsp3) is 0.440. The zero-order valence-corrected chi connectivity index (χ0v) is 21.6. The van der Waals surface area contributed by atoms with Crippen molar-refractivity contribution in [1.82, 2.24) is 24.5 Å². The van der Waals surface area contributed by atoms with Gasteiger partial charge in [0.05, 0.1) is 34.6 Å². The van der Waals surface area contributed by atoms with E-state index >= 15 is 0 Å². The van der Waals surface area contributed by atoms with E-state index in [1.54, 1.807) is 35.9 Å². The Morgan fingerprint density at radius 1 is 1.34 bits per heavy atom. The topological polar surface area (TPSA) is 87.9 Å². The Kier molecular flexibility index (Phi) is 6.33. The number of carbonyl (C=O) groups is 1. The van der Waals surface area contributed by atoms with Gasteiger partial charge in [0.15, 0.2) is 0 Å². The second-order valence-electron chi connectivity index (χ2n) is 9.40. The molecule has 1 aliphatic carbocycles. The first-order chi connectivity index (χ1) is 16.9. The molecule has 4 aromatic rings. The maximum absolute atomic E-state index is 13.1. The number of nitrogens with zero attached hydrogens (tertiary/aromatic N) is 6. The number of amides is 1. The lowest BCUT2D eigenvalue weighted by Crippen LogP contribution is -2.39. The highest BCUT2D eigenvalue weighted by Gasteiger charge is 2.31. The SMILES string of the molecule is COC(C)CN(C)C(=O)[C@H]1CCc2c(sc3ncnc(Nc4cc5ccnn5cc4N(C)C)c23)C1. The van der Waals surface area contributed by atoms with Crippen LogP contribution in [0.15, 0.2) is 30.9 Å². The van der Waals surface area contributed by atoms with Gasteiger partial charge in [0, 0.05) is 51.8 Å². The maximum atomic E-state index is 13.1. The van der Waals surface area contributed by atoms with Crippen molar-refractivity contribution in [1.29, 1.82) is 0 Å². The van der Waals surface area contributed by atoms with E-state index < -0.39 is 0 Å². The van der Waals surface area contributed by atoms with E-state index in [-0.39, 0.29) is 17.9 Å². The highest BCUT2D eigenvalue weighted by atomic mass is 32.1. The number of ether oxygens (including phenoxy) is 1. The van der Waals surface area contributed by atoms with Gasteiger partial charge >= 0.3 is 0 Å². The van der Waals surface area contributed by atoms with Crippen LogP contribution in [0.1, 0.15) is 23.8 Å². The average Bonchev–Trinajstić information content (AvgIpc) is 3.46. The van der Waals surface area contributed by atoms with Crippen LogP contribution < -0.4 is 10.2 Å². The normalized spacial score (nSPS) is 16.3. The molecule has 4 heterocycles. The lowest BCUT2D eigenvalue weighted by Gasteiger charge is -2.28. The number of fused-ring (bicyclic) bond motifs is 4. The maximum Gasteiger partial charge on any atom is 0.225 e. The number of hydrogen-bond acceptors (Lipinski definition) is 8. The molecule has 0 spiro atoms. The molecule has 2 atom stereocenters. The molecular formula is C25H31N7O2S. The van der Waals surface area contributed by atoms with Crippen molar-refractivity contribution in [2.75, 3.05) is 45.0 Å². The molecule has 1 amide bonds. The summed E-state index contributed by atoms with van der Waals surface area (Å²) in [5.41, 5.74) is 4.24. The molecule has 10 heteroatoms. The number of thiophene rings is 1. The summed E-state index contributed by atoms with van der Waals surface area (Å²) in [7, 11) is 7.57. The van der Waals surface area contributed by atoms with Gasteiger partial charge in [0.2, 0.25) is 5.91 Å². The molecule has 184 valence electrons. The molecule has 1 aliphatic rings. The first kappa shape index (κ1) is 23.5. The van der Waals surface area contributed by atoms with Crippen molar-refractivity contribution in [3.8, 4) is 0 Å². The van der Waals surface area contributed by atoms with E-state index in [1.165, 1.54) is 10.4 Å². The summed E-state index contributed by atoms with van der Waals surface area (Å²) in [6, 6.07) is 4.06. The number of rotatable bonds is 7. The van der Waals surface area contributed by atoms with E-state index in [4.69, 9.17) is 4.74 Å². The number of aromatic nitrogens is 4. The number of carbonyl (C=O) groups excluding carboxylic acids is 1. The summed E-state index contributed by atoms with van der Waals surface area (Å²) in [4.78, 5) is 28.4. The second kappa shape index (κ2) is 9.43. The molecule has 0 saturated heterocycles. The van der Waals surface area contributed by atoms with Crippen LogP contribution in [0.5, 0.6) is 0 Å². The van der Waals surface area contributed by atoms with Crippen LogP contribution in [0, 0.1) is 5.92 Å². The Balaban J connectivity index is 1.45. The molecule has 0 saturated carbocycles. The third-order valence-electron chi connectivity index (χ3n) is 6.75. The average molecular weight is 494 g/mol. The Morgan fingerprint density at radius 2 is 2.17 bits per heavy atom. The van der Waals surface area contributed by atoms with Crippen molar-refractivity contribution < 1.29 is 9.53 Å². The van der Waals surface area contributed by atoms with E-state index in [9.17, 15) is 4.79 Å². The molecule has 0 aliphatic heterocycles. The molecule has 1 N–H and O–H groups in total.